The molecule has 0 N–H and O–H groups in total. The van der Waals surface area contributed by atoms with Crippen LogP contribution in [0.25, 0.3) is 0 Å². The second kappa shape index (κ2) is 5.95. The van der Waals surface area contributed by atoms with E-state index in [1.165, 1.54) is 25.7 Å². The third-order valence-electron chi connectivity index (χ3n) is 3.24. The van der Waals surface area contributed by atoms with Gasteiger partial charge in [0, 0.05) is 0 Å². The maximum Gasteiger partial charge on any atom is -0.0185 e. The Balaban J connectivity index is 0.000000531. The van der Waals surface area contributed by atoms with Crippen molar-refractivity contribution in [2.75, 3.05) is 0 Å². The number of fused-ring (bicyclic) bond motifs is 1. The van der Waals surface area contributed by atoms with Crippen LogP contribution in [0, 0.1) is 0 Å². The van der Waals surface area contributed by atoms with Gasteiger partial charge in [-0.15, -0.1) is 0 Å². The molecule has 0 amide bonds. The van der Waals surface area contributed by atoms with Crippen LogP contribution in [0.1, 0.15) is 63.1 Å². The van der Waals surface area contributed by atoms with Gasteiger partial charge in [-0.25, -0.2) is 0 Å². The van der Waals surface area contributed by atoms with Gasteiger partial charge in [0.15, 0.2) is 0 Å². The third kappa shape index (κ3) is 2.62. The molecule has 0 nitrogen and oxygen atoms in total. The van der Waals surface area contributed by atoms with Gasteiger partial charge in [0.1, 0.15) is 0 Å². The lowest BCUT2D eigenvalue weighted by molar-refractivity contribution is 0.585. The van der Waals surface area contributed by atoms with E-state index in [1.807, 2.05) is 13.8 Å². The van der Waals surface area contributed by atoms with E-state index in [0.29, 0.717) is 0 Å². The van der Waals surface area contributed by atoms with Gasteiger partial charge in [0.2, 0.25) is 0 Å². The van der Waals surface area contributed by atoms with Crippen LogP contribution in [-0.2, 0) is 12.8 Å². The van der Waals surface area contributed by atoms with Crippen molar-refractivity contribution in [2.24, 2.45) is 0 Å². The van der Waals surface area contributed by atoms with Gasteiger partial charge in [-0.05, 0) is 48.3 Å². The summed E-state index contributed by atoms with van der Waals surface area (Å²) in [5.74, 6) is 0.792. The fourth-order valence-electron chi connectivity index (χ4n) is 2.57. The number of rotatable bonds is 1. The minimum atomic E-state index is 0.792. The molecule has 0 aromatic heterocycles. The zero-order chi connectivity index (χ0) is 11.3. The van der Waals surface area contributed by atoms with Gasteiger partial charge < -0.3 is 0 Å². The summed E-state index contributed by atoms with van der Waals surface area (Å²) < 4.78 is 0. The van der Waals surface area contributed by atoms with Crippen molar-refractivity contribution in [3.63, 3.8) is 0 Å². The Labute approximate surface area is 94.7 Å². The monoisotopic (exact) mass is 204 g/mol. The Morgan fingerprint density at radius 2 is 2.00 bits per heavy atom. The SMILES string of the molecule is CC.CCc1cccc2c1C(C)CCC2. The Kier molecular flexibility index (Phi) is 4.87. The molecule has 1 aliphatic carbocycles. The predicted octanol–water partition coefficient (Wildman–Crippen LogP) is 4.72. The average Bonchev–Trinajstić information content (AvgIpc) is 2.31. The van der Waals surface area contributed by atoms with Crippen molar-refractivity contribution in [2.45, 2.75) is 59.3 Å². The highest BCUT2D eigenvalue weighted by molar-refractivity contribution is 5.39. The summed E-state index contributed by atoms with van der Waals surface area (Å²) in [4.78, 5) is 0. The van der Waals surface area contributed by atoms with Gasteiger partial charge in [-0.2, -0.15) is 0 Å². The molecule has 0 saturated heterocycles. The lowest BCUT2D eigenvalue weighted by Gasteiger charge is -2.24. The number of hydrogen-bond donors (Lipinski definition) is 0. The largest absolute Gasteiger partial charge is 0.0683 e. The summed E-state index contributed by atoms with van der Waals surface area (Å²) >= 11 is 0. The lowest BCUT2D eigenvalue weighted by Crippen LogP contribution is -2.09. The number of aryl methyl sites for hydroxylation is 2. The van der Waals surface area contributed by atoms with E-state index < -0.39 is 0 Å². The highest BCUT2D eigenvalue weighted by atomic mass is 14.2. The first-order valence-electron chi connectivity index (χ1n) is 6.43. The molecular formula is C15H24. The summed E-state index contributed by atoms with van der Waals surface area (Å²) in [6.07, 6.45) is 5.24. The van der Waals surface area contributed by atoms with E-state index in [1.54, 1.807) is 16.7 Å². The molecule has 2 rings (SSSR count). The van der Waals surface area contributed by atoms with E-state index in [9.17, 15) is 0 Å². The molecule has 1 atom stereocenters. The summed E-state index contributed by atoms with van der Waals surface area (Å²) in [6.45, 7) is 8.63. The van der Waals surface area contributed by atoms with E-state index >= 15 is 0 Å². The number of hydrogen-bond acceptors (Lipinski definition) is 0. The highest BCUT2D eigenvalue weighted by Crippen LogP contribution is 2.33. The van der Waals surface area contributed by atoms with E-state index in [-0.39, 0.29) is 0 Å². The smallest absolute Gasteiger partial charge is 0.0185 e. The molecule has 0 saturated carbocycles. The molecule has 0 heterocycles. The summed E-state index contributed by atoms with van der Waals surface area (Å²) in [6, 6.07) is 6.82. The Morgan fingerprint density at radius 3 is 2.67 bits per heavy atom. The quantitative estimate of drug-likeness (QED) is 0.621. The van der Waals surface area contributed by atoms with E-state index in [2.05, 4.69) is 32.0 Å². The number of benzene rings is 1. The van der Waals surface area contributed by atoms with Crippen molar-refractivity contribution < 1.29 is 0 Å². The summed E-state index contributed by atoms with van der Waals surface area (Å²) in [5, 5.41) is 0. The standard InChI is InChI=1S/C13H18.C2H6/c1-3-11-7-5-9-12-8-4-6-10(2)13(11)12;1-2/h5,7,9-10H,3-4,6,8H2,1-2H3;1-2H3. The summed E-state index contributed by atoms with van der Waals surface area (Å²) in [5.41, 5.74) is 4.85. The molecule has 1 aromatic rings. The second-order valence-corrected chi connectivity index (χ2v) is 4.14. The van der Waals surface area contributed by atoms with Crippen molar-refractivity contribution in [3.05, 3.63) is 34.9 Å². The van der Waals surface area contributed by atoms with Crippen molar-refractivity contribution in [3.8, 4) is 0 Å². The van der Waals surface area contributed by atoms with Gasteiger partial charge >= 0.3 is 0 Å². The van der Waals surface area contributed by atoms with Crippen LogP contribution in [0.5, 0.6) is 0 Å². The molecule has 0 heteroatoms. The van der Waals surface area contributed by atoms with Crippen molar-refractivity contribution in [1.82, 2.24) is 0 Å². The molecule has 1 aromatic carbocycles. The maximum absolute atomic E-state index is 2.37. The van der Waals surface area contributed by atoms with Gasteiger partial charge in [0.25, 0.3) is 0 Å². The maximum atomic E-state index is 2.37. The van der Waals surface area contributed by atoms with Crippen LogP contribution in [0.2, 0.25) is 0 Å². The van der Waals surface area contributed by atoms with Crippen LogP contribution >= 0.6 is 0 Å². The van der Waals surface area contributed by atoms with Gasteiger partial charge in [0.05, 0.1) is 0 Å². The minimum absolute atomic E-state index is 0.792. The molecule has 0 bridgehead atoms. The first-order chi connectivity index (χ1) is 7.33. The Morgan fingerprint density at radius 1 is 1.27 bits per heavy atom. The average molecular weight is 204 g/mol. The third-order valence-corrected chi connectivity index (χ3v) is 3.24. The molecule has 0 spiro atoms. The molecule has 1 aliphatic rings. The summed E-state index contributed by atoms with van der Waals surface area (Å²) in [7, 11) is 0. The molecule has 0 radical (unpaired) electrons. The first-order valence-corrected chi connectivity index (χ1v) is 6.43. The normalized spacial score (nSPS) is 18.8. The van der Waals surface area contributed by atoms with Crippen LogP contribution in [0.15, 0.2) is 18.2 Å². The van der Waals surface area contributed by atoms with Crippen LogP contribution in [0.4, 0.5) is 0 Å². The van der Waals surface area contributed by atoms with Crippen LogP contribution in [0.3, 0.4) is 0 Å². The van der Waals surface area contributed by atoms with Crippen LogP contribution in [-0.4, -0.2) is 0 Å². The van der Waals surface area contributed by atoms with Gasteiger partial charge in [-0.1, -0.05) is 45.9 Å². The van der Waals surface area contributed by atoms with Crippen molar-refractivity contribution >= 4 is 0 Å². The topological polar surface area (TPSA) is 0 Å². The lowest BCUT2D eigenvalue weighted by atomic mass is 9.81. The fraction of sp³-hybridized carbons (Fsp3) is 0.600. The fourth-order valence-corrected chi connectivity index (χ4v) is 2.57. The minimum Gasteiger partial charge on any atom is -0.0683 e. The first kappa shape index (κ1) is 12.3. The second-order valence-electron chi connectivity index (χ2n) is 4.14. The molecule has 0 aliphatic heterocycles. The molecular weight excluding hydrogens is 180 g/mol. The Bertz CT molecular complexity index is 285. The van der Waals surface area contributed by atoms with Gasteiger partial charge in [-0.3, -0.25) is 0 Å². The molecule has 1 unspecified atom stereocenters. The predicted molar refractivity (Wildman–Crippen MR) is 68.5 cm³/mol. The molecule has 84 valence electrons. The zero-order valence-electron chi connectivity index (χ0n) is 10.6. The Hall–Kier alpha value is -0.780. The highest BCUT2D eigenvalue weighted by Gasteiger charge is 2.18. The molecule has 15 heavy (non-hydrogen) atoms. The van der Waals surface area contributed by atoms with E-state index in [0.717, 1.165) is 5.92 Å². The van der Waals surface area contributed by atoms with Crippen LogP contribution < -0.4 is 0 Å². The van der Waals surface area contributed by atoms with E-state index in [4.69, 9.17) is 0 Å². The van der Waals surface area contributed by atoms with Crippen molar-refractivity contribution in [1.29, 1.82) is 0 Å². The molecule has 0 fully saturated rings. The zero-order valence-corrected chi connectivity index (χ0v) is 10.6.